The number of hydrogen-bond acceptors (Lipinski definition) is 3. The van der Waals surface area contributed by atoms with Crippen LogP contribution in [0.25, 0.3) is 0 Å². The van der Waals surface area contributed by atoms with Gasteiger partial charge in [-0.25, -0.2) is 0 Å². The molecule has 0 spiro atoms. The van der Waals surface area contributed by atoms with Crippen LogP contribution in [0.15, 0.2) is 18.2 Å². The maximum atomic E-state index is 12.5. The maximum absolute atomic E-state index is 12.5. The van der Waals surface area contributed by atoms with Crippen LogP contribution in [0, 0.1) is 6.92 Å². The van der Waals surface area contributed by atoms with E-state index in [0.717, 1.165) is 30.8 Å². The van der Waals surface area contributed by atoms with Crippen molar-refractivity contribution < 1.29 is 4.79 Å². The van der Waals surface area contributed by atoms with E-state index in [-0.39, 0.29) is 24.4 Å². The van der Waals surface area contributed by atoms with Crippen molar-refractivity contribution in [2.45, 2.75) is 38.8 Å². The molecule has 0 bridgehead atoms. The molecular formula is C16H25Cl2N3O. The number of carbonyl (C=O) groups is 1. The molecule has 1 saturated heterocycles. The standard InChI is InChI=1S/C16H24ClN3O.ClH/c1-11-6-7-13(17)9-15(11)19-16(21)12(2)20-8-4-5-14(10-20)18-3;/h6-7,9,12,14,18H,4-5,8,10H2,1-3H3,(H,19,21);1H. The molecule has 0 radical (unpaired) electrons. The van der Waals surface area contributed by atoms with Gasteiger partial charge in [0.2, 0.25) is 5.91 Å². The molecular weight excluding hydrogens is 321 g/mol. The third-order valence-electron chi connectivity index (χ3n) is 4.25. The van der Waals surface area contributed by atoms with Gasteiger partial charge < -0.3 is 10.6 Å². The molecule has 2 rings (SSSR count). The molecule has 1 aromatic carbocycles. The first kappa shape index (κ1) is 19.2. The van der Waals surface area contributed by atoms with E-state index in [2.05, 4.69) is 15.5 Å². The molecule has 1 aliphatic heterocycles. The predicted molar refractivity (Wildman–Crippen MR) is 95.2 cm³/mol. The molecule has 1 heterocycles. The second kappa shape index (κ2) is 8.73. The highest BCUT2D eigenvalue weighted by Crippen LogP contribution is 2.21. The Kier molecular flexibility index (Phi) is 7.63. The number of rotatable bonds is 4. The summed E-state index contributed by atoms with van der Waals surface area (Å²) in [4.78, 5) is 14.7. The number of anilines is 1. The number of nitrogens with zero attached hydrogens (tertiary/aromatic N) is 1. The number of benzene rings is 1. The zero-order valence-corrected chi connectivity index (χ0v) is 14.9. The average Bonchev–Trinajstić information content (AvgIpc) is 2.50. The Morgan fingerprint density at radius 2 is 2.18 bits per heavy atom. The van der Waals surface area contributed by atoms with Gasteiger partial charge in [0.05, 0.1) is 6.04 Å². The molecule has 1 aliphatic rings. The molecule has 1 aromatic rings. The van der Waals surface area contributed by atoms with E-state index in [1.807, 2.05) is 33.0 Å². The van der Waals surface area contributed by atoms with Crippen molar-refractivity contribution in [1.29, 1.82) is 0 Å². The fourth-order valence-electron chi connectivity index (χ4n) is 2.73. The van der Waals surface area contributed by atoms with Crippen molar-refractivity contribution in [2.24, 2.45) is 0 Å². The Labute approximate surface area is 144 Å². The summed E-state index contributed by atoms with van der Waals surface area (Å²) in [7, 11) is 1.98. The van der Waals surface area contributed by atoms with Gasteiger partial charge in [0, 0.05) is 23.3 Å². The van der Waals surface area contributed by atoms with Crippen LogP contribution in [0.2, 0.25) is 5.02 Å². The van der Waals surface area contributed by atoms with E-state index in [1.165, 1.54) is 6.42 Å². The lowest BCUT2D eigenvalue weighted by molar-refractivity contribution is -0.121. The van der Waals surface area contributed by atoms with Gasteiger partial charge in [0.15, 0.2) is 0 Å². The molecule has 1 amide bonds. The molecule has 1 fully saturated rings. The van der Waals surface area contributed by atoms with Crippen LogP contribution < -0.4 is 10.6 Å². The highest BCUT2D eigenvalue weighted by atomic mass is 35.5. The van der Waals surface area contributed by atoms with E-state index in [0.29, 0.717) is 11.1 Å². The predicted octanol–water partition coefficient (Wildman–Crippen LogP) is 3.08. The number of piperidine rings is 1. The number of nitrogens with one attached hydrogen (secondary N) is 2. The first-order valence-electron chi connectivity index (χ1n) is 7.49. The summed E-state index contributed by atoms with van der Waals surface area (Å²) < 4.78 is 0. The Morgan fingerprint density at radius 1 is 1.45 bits per heavy atom. The molecule has 0 aromatic heterocycles. The summed E-state index contributed by atoms with van der Waals surface area (Å²) in [5.74, 6) is 0.0251. The fourth-order valence-corrected chi connectivity index (χ4v) is 2.90. The van der Waals surface area contributed by atoms with Crippen LogP contribution in [0.1, 0.15) is 25.3 Å². The minimum absolute atomic E-state index is 0. The molecule has 0 saturated carbocycles. The Hall–Kier alpha value is -0.810. The van der Waals surface area contributed by atoms with Gasteiger partial charge in [-0.3, -0.25) is 9.69 Å². The van der Waals surface area contributed by atoms with Crippen molar-refractivity contribution in [1.82, 2.24) is 10.2 Å². The van der Waals surface area contributed by atoms with Crippen LogP contribution in [0.3, 0.4) is 0 Å². The van der Waals surface area contributed by atoms with E-state index < -0.39 is 0 Å². The molecule has 22 heavy (non-hydrogen) atoms. The number of halogens is 2. The zero-order valence-electron chi connectivity index (χ0n) is 13.4. The van der Waals surface area contributed by atoms with Crippen LogP contribution in [-0.2, 0) is 4.79 Å². The molecule has 0 aliphatic carbocycles. The lowest BCUT2D eigenvalue weighted by Crippen LogP contribution is -2.51. The number of likely N-dealkylation sites (tertiary alicyclic amines) is 1. The van der Waals surface area contributed by atoms with Gasteiger partial charge in [0.1, 0.15) is 0 Å². The SMILES string of the molecule is CNC1CCCN(C(C)C(=O)Nc2cc(Cl)ccc2C)C1.Cl. The minimum Gasteiger partial charge on any atom is -0.324 e. The fraction of sp³-hybridized carbons (Fsp3) is 0.562. The van der Waals surface area contributed by atoms with Crippen LogP contribution >= 0.6 is 24.0 Å². The smallest absolute Gasteiger partial charge is 0.241 e. The summed E-state index contributed by atoms with van der Waals surface area (Å²) in [6.45, 7) is 5.82. The van der Waals surface area contributed by atoms with Gasteiger partial charge in [-0.1, -0.05) is 17.7 Å². The summed E-state index contributed by atoms with van der Waals surface area (Å²) in [5, 5.41) is 6.93. The van der Waals surface area contributed by atoms with Crippen LogP contribution in [0.5, 0.6) is 0 Å². The van der Waals surface area contributed by atoms with E-state index >= 15 is 0 Å². The van der Waals surface area contributed by atoms with Crippen molar-refractivity contribution in [3.05, 3.63) is 28.8 Å². The van der Waals surface area contributed by atoms with Crippen LogP contribution in [0.4, 0.5) is 5.69 Å². The molecule has 2 N–H and O–H groups in total. The Morgan fingerprint density at radius 3 is 2.86 bits per heavy atom. The zero-order chi connectivity index (χ0) is 15.4. The molecule has 2 atom stereocenters. The molecule has 6 heteroatoms. The van der Waals surface area contributed by atoms with Gasteiger partial charge in [0.25, 0.3) is 0 Å². The average molecular weight is 346 g/mol. The second-order valence-electron chi connectivity index (χ2n) is 5.75. The third kappa shape index (κ3) is 4.85. The van der Waals surface area contributed by atoms with E-state index in [9.17, 15) is 4.79 Å². The first-order valence-corrected chi connectivity index (χ1v) is 7.87. The van der Waals surface area contributed by atoms with Gasteiger partial charge in [-0.05, 0) is 58.0 Å². The molecule has 124 valence electrons. The van der Waals surface area contributed by atoms with Crippen molar-refractivity contribution in [3.8, 4) is 0 Å². The summed E-state index contributed by atoms with van der Waals surface area (Å²) in [5.41, 5.74) is 1.81. The minimum atomic E-state index is -0.139. The highest BCUT2D eigenvalue weighted by Gasteiger charge is 2.26. The van der Waals surface area contributed by atoms with Gasteiger partial charge in [-0.15, -0.1) is 12.4 Å². The third-order valence-corrected chi connectivity index (χ3v) is 4.48. The first-order chi connectivity index (χ1) is 10.0. The largest absolute Gasteiger partial charge is 0.324 e. The summed E-state index contributed by atoms with van der Waals surface area (Å²) in [6.07, 6.45) is 2.30. The van der Waals surface area contributed by atoms with Crippen molar-refractivity contribution in [3.63, 3.8) is 0 Å². The van der Waals surface area contributed by atoms with Gasteiger partial charge >= 0.3 is 0 Å². The topological polar surface area (TPSA) is 44.4 Å². The van der Waals surface area contributed by atoms with E-state index in [4.69, 9.17) is 11.6 Å². The number of likely N-dealkylation sites (N-methyl/N-ethyl adjacent to an activating group) is 1. The van der Waals surface area contributed by atoms with E-state index in [1.54, 1.807) is 6.07 Å². The Balaban J connectivity index is 0.00000242. The summed E-state index contributed by atoms with van der Waals surface area (Å²) >= 11 is 6.00. The summed E-state index contributed by atoms with van der Waals surface area (Å²) in [6, 6.07) is 5.88. The quantitative estimate of drug-likeness (QED) is 0.881. The second-order valence-corrected chi connectivity index (χ2v) is 6.18. The number of aryl methyl sites for hydroxylation is 1. The lowest BCUT2D eigenvalue weighted by Gasteiger charge is -2.36. The monoisotopic (exact) mass is 345 g/mol. The normalized spacial score (nSPS) is 20.1. The number of carbonyl (C=O) groups excluding carboxylic acids is 1. The van der Waals surface area contributed by atoms with Crippen molar-refractivity contribution >= 4 is 35.6 Å². The maximum Gasteiger partial charge on any atom is 0.241 e. The van der Waals surface area contributed by atoms with Crippen LogP contribution in [-0.4, -0.2) is 43.0 Å². The Bertz CT molecular complexity index is 510. The number of amides is 1. The van der Waals surface area contributed by atoms with Crippen molar-refractivity contribution in [2.75, 3.05) is 25.5 Å². The molecule has 4 nitrogen and oxygen atoms in total. The number of hydrogen-bond donors (Lipinski definition) is 2. The highest BCUT2D eigenvalue weighted by molar-refractivity contribution is 6.31. The molecule has 2 unspecified atom stereocenters. The van der Waals surface area contributed by atoms with Gasteiger partial charge in [-0.2, -0.15) is 0 Å². The lowest BCUT2D eigenvalue weighted by atomic mass is 10.0.